The fourth-order valence-electron chi connectivity index (χ4n) is 1.26. The number of nitrogens with two attached hydrogens (primary N) is 1. The predicted octanol–water partition coefficient (Wildman–Crippen LogP) is 1.48. The highest BCUT2D eigenvalue weighted by molar-refractivity contribution is 5.38. The minimum absolute atomic E-state index is 0.0218. The maximum atomic E-state index is 9.54. The van der Waals surface area contributed by atoms with E-state index in [-0.39, 0.29) is 6.04 Å². The summed E-state index contributed by atoms with van der Waals surface area (Å²) in [5.41, 5.74) is 4.67. The highest BCUT2D eigenvalue weighted by Gasteiger charge is 2.08. The standard InChI is InChI=1S/C10H16N2O/c1-3-8-4-5-10(13)9(6-8)7(2)12-11/h4-7,12-13H,3,11H2,1-2H3/t7-/m1/s1. The summed E-state index contributed by atoms with van der Waals surface area (Å²) in [5.74, 6) is 5.60. The molecule has 0 aromatic heterocycles. The van der Waals surface area contributed by atoms with Crippen molar-refractivity contribution in [1.82, 2.24) is 5.43 Å². The van der Waals surface area contributed by atoms with Crippen LogP contribution < -0.4 is 11.3 Å². The number of hydrazine groups is 1. The first-order chi connectivity index (χ1) is 6.19. The van der Waals surface area contributed by atoms with Crippen LogP contribution in [0.4, 0.5) is 0 Å². The predicted molar refractivity (Wildman–Crippen MR) is 53.2 cm³/mol. The lowest BCUT2D eigenvalue weighted by Crippen LogP contribution is -2.25. The molecule has 0 radical (unpaired) electrons. The quantitative estimate of drug-likeness (QED) is 0.488. The van der Waals surface area contributed by atoms with E-state index < -0.39 is 0 Å². The average molecular weight is 180 g/mol. The molecule has 3 nitrogen and oxygen atoms in total. The number of hydrogen-bond donors (Lipinski definition) is 3. The van der Waals surface area contributed by atoms with Crippen LogP contribution in [-0.4, -0.2) is 5.11 Å². The van der Waals surface area contributed by atoms with Crippen LogP contribution in [0.1, 0.15) is 31.0 Å². The van der Waals surface area contributed by atoms with E-state index in [1.54, 1.807) is 6.07 Å². The summed E-state index contributed by atoms with van der Waals surface area (Å²) in [5, 5.41) is 9.54. The van der Waals surface area contributed by atoms with Crippen LogP contribution >= 0.6 is 0 Å². The number of phenols is 1. The van der Waals surface area contributed by atoms with Crippen LogP contribution in [-0.2, 0) is 6.42 Å². The van der Waals surface area contributed by atoms with Crippen molar-refractivity contribution in [2.24, 2.45) is 5.84 Å². The Labute approximate surface area is 78.5 Å². The Hall–Kier alpha value is -1.06. The van der Waals surface area contributed by atoms with Crippen LogP contribution in [0.15, 0.2) is 18.2 Å². The van der Waals surface area contributed by atoms with E-state index in [1.165, 1.54) is 5.56 Å². The average Bonchev–Trinajstić information content (AvgIpc) is 2.17. The SMILES string of the molecule is CCc1ccc(O)c([C@@H](C)NN)c1. The van der Waals surface area contributed by atoms with Crippen LogP contribution in [0.3, 0.4) is 0 Å². The molecule has 0 amide bonds. The topological polar surface area (TPSA) is 58.3 Å². The van der Waals surface area contributed by atoms with Crippen molar-refractivity contribution in [3.8, 4) is 5.75 Å². The van der Waals surface area contributed by atoms with Gasteiger partial charge in [0.1, 0.15) is 5.75 Å². The first-order valence-electron chi connectivity index (χ1n) is 4.47. The lowest BCUT2D eigenvalue weighted by molar-refractivity contribution is 0.454. The summed E-state index contributed by atoms with van der Waals surface area (Å²) in [6.45, 7) is 3.99. The molecule has 0 bridgehead atoms. The zero-order valence-electron chi connectivity index (χ0n) is 8.04. The van der Waals surface area contributed by atoms with Gasteiger partial charge in [0.25, 0.3) is 0 Å². The van der Waals surface area contributed by atoms with Gasteiger partial charge in [0.05, 0.1) is 0 Å². The molecule has 0 aliphatic heterocycles. The van der Waals surface area contributed by atoms with Gasteiger partial charge in [0.15, 0.2) is 0 Å². The molecular formula is C10H16N2O. The minimum Gasteiger partial charge on any atom is -0.508 e. The summed E-state index contributed by atoms with van der Waals surface area (Å²) >= 11 is 0. The molecule has 1 aromatic rings. The maximum absolute atomic E-state index is 9.54. The lowest BCUT2D eigenvalue weighted by Gasteiger charge is -2.13. The van der Waals surface area contributed by atoms with Crippen molar-refractivity contribution in [2.45, 2.75) is 26.3 Å². The molecule has 0 fully saturated rings. The van der Waals surface area contributed by atoms with Crippen LogP contribution in [0.25, 0.3) is 0 Å². The lowest BCUT2D eigenvalue weighted by atomic mass is 10.0. The minimum atomic E-state index is -0.0218. The fourth-order valence-corrected chi connectivity index (χ4v) is 1.26. The second-order valence-corrected chi connectivity index (χ2v) is 3.14. The number of aryl methyl sites for hydroxylation is 1. The zero-order chi connectivity index (χ0) is 9.84. The molecule has 0 saturated carbocycles. The summed E-state index contributed by atoms with van der Waals surface area (Å²) < 4.78 is 0. The van der Waals surface area contributed by atoms with Gasteiger partial charge in [0, 0.05) is 11.6 Å². The van der Waals surface area contributed by atoms with Crippen molar-refractivity contribution in [3.05, 3.63) is 29.3 Å². The van der Waals surface area contributed by atoms with Gasteiger partial charge < -0.3 is 5.11 Å². The van der Waals surface area contributed by atoms with E-state index in [4.69, 9.17) is 5.84 Å². The largest absolute Gasteiger partial charge is 0.508 e. The van der Waals surface area contributed by atoms with Crippen molar-refractivity contribution in [3.63, 3.8) is 0 Å². The Morgan fingerprint density at radius 3 is 2.77 bits per heavy atom. The summed E-state index contributed by atoms with van der Waals surface area (Å²) in [7, 11) is 0. The van der Waals surface area contributed by atoms with Gasteiger partial charge in [-0.3, -0.25) is 11.3 Å². The highest BCUT2D eigenvalue weighted by Crippen LogP contribution is 2.24. The van der Waals surface area contributed by atoms with Gasteiger partial charge in [-0.2, -0.15) is 0 Å². The van der Waals surface area contributed by atoms with Crippen molar-refractivity contribution in [1.29, 1.82) is 0 Å². The van der Waals surface area contributed by atoms with Gasteiger partial charge in [0.2, 0.25) is 0 Å². The Bertz CT molecular complexity index is 286. The summed E-state index contributed by atoms with van der Waals surface area (Å²) in [6, 6.07) is 5.58. The van der Waals surface area contributed by atoms with E-state index in [9.17, 15) is 5.11 Å². The molecule has 0 unspecified atom stereocenters. The Morgan fingerprint density at radius 1 is 1.54 bits per heavy atom. The van der Waals surface area contributed by atoms with E-state index in [2.05, 4.69) is 12.3 Å². The fraction of sp³-hybridized carbons (Fsp3) is 0.400. The third-order valence-electron chi connectivity index (χ3n) is 2.22. The molecule has 1 atom stereocenters. The second kappa shape index (κ2) is 4.25. The molecule has 4 N–H and O–H groups in total. The molecule has 3 heteroatoms. The number of rotatable bonds is 3. The smallest absolute Gasteiger partial charge is 0.120 e. The van der Waals surface area contributed by atoms with Gasteiger partial charge in [-0.1, -0.05) is 19.1 Å². The summed E-state index contributed by atoms with van der Waals surface area (Å²) in [6.07, 6.45) is 0.963. The van der Waals surface area contributed by atoms with Gasteiger partial charge in [-0.15, -0.1) is 0 Å². The van der Waals surface area contributed by atoms with Crippen molar-refractivity contribution >= 4 is 0 Å². The third-order valence-corrected chi connectivity index (χ3v) is 2.22. The molecule has 1 aromatic carbocycles. The van der Waals surface area contributed by atoms with Crippen LogP contribution in [0.5, 0.6) is 5.75 Å². The third kappa shape index (κ3) is 2.20. The second-order valence-electron chi connectivity index (χ2n) is 3.14. The normalized spacial score (nSPS) is 12.8. The Morgan fingerprint density at radius 2 is 2.23 bits per heavy atom. The monoisotopic (exact) mass is 180 g/mol. The van der Waals surface area contributed by atoms with Crippen molar-refractivity contribution in [2.75, 3.05) is 0 Å². The van der Waals surface area contributed by atoms with E-state index in [0.717, 1.165) is 12.0 Å². The molecule has 0 aliphatic rings. The number of benzene rings is 1. The van der Waals surface area contributed by atoms with E-state index in [1.807, 2.05) is 19.1 Å². The number of hydrogen-bond acceptors (Lipinski definition) is 3. The van der Waals surface area contributed by atoms with Crippen LogP contribution in [0.2, 0.25) is 0 Å². The first kappa shape index (κ1) is 10.0. The molecule has 72 valence electrons. The molecule has 0 spiro atoms. The summed E-state index contributed by atoms with van der Waals surface area (Å²) in [4.78, 5) is 0. The molecular weight excluding hydrogens is 164 g/mol. The van der Waals surface area contributed by atoms with Gasteiger partial charge in [-0.05, 0) is 25.0 Å². The van der Waals surface area contributed by atoms with Crippen LogP contribution in [0, 0.1) is 0 Å². The first-order valence-corrected chi connectivity index (χ1v) is 4.47. The van der Waals surface area contributed by atoms with Gasteiger partial charge in [-0.25, -0.2) is 0 Å². The number of nitrogens with one attached hydrogen (secondary N) is 1. The van der Waals surface area contributed by atoms with E-state index in [0.29, 0.717) is 5.75 Å². The van der Waals surface area contributed by atoms with Crippen molar-refractivity contribution < 1.29 is 5.11 Å². The Balaban J connectivity index is 3.03. The molecule has 0 saturated heterocycles. The zero-order valence-corrected chi connectivity index (χ0v) is 8.04. The molecule has 0 heterocycles. The molecule has 13 heavy (non-hydrogen) atoms. The molecule has 0 aliphatic carbocycles. The number of phenolic OH excluding ortho intramolecular Hbond substituents is 1. The molecule has 1 rings (SSSR count). The van der Waals surface area contributed by atoms with E-state index >= 15 is 0 Å². The Kier molecular flexibility index (Phi) is 3.28. The van der Waals surface area contributed by atoms with Gasteiger partial charge >= 0.3 is 0 Å². The highest BCUT2D eigenvalue weighted by atomic mass is 16.3. The number of aromatic hydroxyl groups is 1. The maximum Gasteiger partial charge on any atom is 0.120 e.